The number of aromatic nitrogens is 2. The molecule has 1 saturated heterocycles. The van der Waals surface area contributed by atoms with Crippen LogP contribution in [0.3, 0.4) is 0 Å². The maximum absolute atomic E-state index is 12.2. The summed E-state index contributed by atoms with van der Waals surface area (Å²) in [5.41, 5.74) is 5.75. The Kier molecular flexibility index (Phi) is 10.7. The zero-order valence-corrected chi connectivity index (χ0v) is 16.9. The molecule has 0 saturated carbocycles. The number of amides is 2. The fourth-order valence-corrected chi connectivity index (χ4v) is 2.46. The number of hydrogen-bond donors (Lipinski definition) is 2. The molecule has 3 N–H and O–H groups in total. The van der Waals surface area contributed by atoms with E-state index in [-0.39, 0.29) is 49.1 Å². The van der Waals surface area contributed by atoms with E-state index in [2.05, 4.69) is 20.4 Å². The van der Waals surface area contributed by atoms with Gasteiger partial charge in [0.15, 0.2) is 5.82 Å². The summed E-state index contributed by atoms with van der Waals surface area (Å²) in [6, 6.07) is -0.590. The molecule has 9 nitrogen and oxygen atoms in total. The van der Waals surface area contributed by atoms with Crippen molar-refractivity contribution in [2.24, 2.45) is 11.7 Å². The summed E-state index contributed by atoms with van der Waals surface area (Å²) in [7, 11) is 0. The van der Waals surface area contributed by atoms with Crippen LogP contribution in [0.4, 0.5) is 0 Å². The molecule has 0 bridgehead atoms. The molecule has 11 heteroatoms. The van der Waals surface area contributed by atoms with Crippen LogP contribution in [-0.2, 0) is 16.1 Å². The molecule has 2 heterocycles. The molecule has 26 heavy (non-hydrogen) atoms. The van der Waals surface area contributed by atoms with Crippen molar-refractivity contribution < 1.29 is 14.1 Å². The van der Waals surface area contributed by atoms with Gasteiger partial charge >= 0.3 is 0 Å². The van der Waals surface area contributed by atoms with Gasteiger partial charge in [0, 0.05) is 33.1 Å². The highest BCUT2D eigenvalue weighted by Crippen LogP contribution is 2.06. The zero-order chi connectivity index (χ0) is 17.7. The SMILES string of the molecule is Cc1nc(CN2CCN(C(=O)CNC(=O)[C@@H](N)C(C)C)CC2)no1.Cl.Cl. The minimum atomic E-state index is -0.590. The Balaban J connectivity index is 0.00000312. The van der Waals surface area contributed by atoms with Crippen molar-refractivity contribution in [2.75, 3.05) is 32.7 Å². The van der Waals surface area contributed by atoms with Crippen LogP contribution in [0.15, 0.2) is 4.52 Å². The lowest BCUT2D eigenvalue weighted by Crippen LogP contribution is -2.52. The fraction of sp³-hybridized carbons (Fsp3) is 0.733. The minimum Gasteiger partial charge on any atom is -0.346 e. The van der Waals surface area contributed by atoms with Gasteiger partial charge in [0.25, 0.3) is 0 Å². The Labute approximate surface area is 165 Å². The second-order valence-electron chi connectivity index (χ2n) is 6.37. The van der Waals surface area contributed by atoms with E-state index in [1.807, 2.05) is 13.8 Å². The van der Waals surface area contributed by atoms with Gasteiger partial charge in [0.1, 0.15) is 0 Å². The number of nitrogens with zero attached hydrogens (tertiary/aromatic N) is 4. The topological polar surface area (TPSA) is 118 Å². The standard InChI is InChI=1S/C15H26N6O3.2ClH/c1-10(2)14(16)15(23)17-8-13(22)21-6-4-20(5-7-21)9-12-18-11(3)24-19-12;;/h10,14H,4-9,16H2,1-3H3,(H,17,23);2*1H/t14-;;/m0../s1. The van der Waals surface area contributed by atoms with Crippen LogP contribution in [0.2, 0.25) is 0 Å². The third-order valence-electron chi connectivity index (χ3n) is 4.09. The maximum atomic E-state index is 12.2. The Morgan fingerprint density at radius 3 is 2.35 bits per heavy atom. The Bertz CT molecular complexity index is 575. The average Bonchev–Trinajstić information content (AvgIpc) is 2.97. The second-order valence-corrected chi connectivity index (χ2v) is 6.37. The van der Waals surface area contributed by atoms with Gasteiger partial charge < -0.3 is 20.5 Å². The van der Waals surface area contributed by atoms with Crippen molar-refractivity contribution in [3.05, 3.63) is 11.7 Å². The van der Waals surface area contributed by atoms with E-state index in [1.165, 1.54) is 0 Å². The van der Waals surface area contributed by atoms with Gasteiger partial charge in [0.2, 0.25) is 17.7 Å². The van der Waals surface area contributed by atoms with Crippen LogP contribution in [0.25, 0.3) is 0 Å². The molecule has 0 spiro atoms. The molecule has 0 aromatic carbocycles. The zero-order valence-electron chi connectivity index (χ0n) is 15.3. The number of rotatable bonds is 6. The molecule has 2 rings (SSSR count). The third kappa shape index (κ3) is 7.06. The van der Waals surface area contributed by atoms with E-state index in [9.17, 15) is 9.59 Å². The molecular formula is C15H28Cl2N6O3. The van der Waals surface area contributed by atoms with Gasteiger partial charge in [-0.25, -0.2) is 0 Å². The average molecular weight is 411 g/mol. The first-order valence-electron chi connectivity index (χ1n) is 8.19. The number of hydrogen-bond acceptors (Lipinski definition) is 7. The molecule has 1 aliphatic rings. The Hall–Kier alpha value is -1.42. The first kappa shape index (κ1) is 24.6. The highest BCUT2D eigenvalue weighted by molar-refractivity contribution is 5.87. The summed E-state index contributed by atoms with van der Waals surface area (Å²) in [6.07, 6.45) is 0. The van der Waals surface area contributed by atoms with E-state index in [1.54, 1.807) is 11.8 Å². The highest BCUT2D eigenvalue weighted by atomic mass is 35.5. The van der Waals surface area contributed by atoms with Crippen molar-refractivity contribution >= 4 is 36.6 Å². The van der Waals surface area contributed by atoms with Gasteiger partial charge in [-0.3, -0.25) is 14.5 Å². The first-order chi connectivity index (χ1) is 11.4. The first-order valence-corrected chi connectivity index (χ1v) is 8.19. The van der Waals surface area contributed by atoms with Crippen molar-refractivity contribution in [1.82, 2.24) is 25.3 Å². The van der Waals surface area contributed by atoms with Crippen molar-refractivity contribution in [3.8, 4) is 0 Å². The second kappa shape index (κ2) is 11.3. The van der Waals surface area contributed by atoms with Gasteiger partial charge in [0.05, 0.1) is 19.1 Å². The van der Waals surface area contributed by atoms with Crippen molar-refractivity contribution in [2.45, 2.75) is 33.4 Å². The van der Waals surface area contributed by atoms with Gasteiger partial charge in [-0.15, -0.1) is 24.8 Å². The van der Waals surface area contributed by atoms with E-state index < -0.39 is 6.04 Å². The molecule has 1 fully saturated rings. The van der Waals surface area contributed by atoms with Crippen molar-refractivity contribution in [3.63, 3.8) is 0 Å². The maximum Gasteiger partial charge on any atom is 0.242 e. The normalized spacial score (nSPS) is 15.8. The number of aryl methyl sites for hydroxylation is 1. The molecule has 1 aromatic rings. The molecule has 2 amide bonds. The lowest BCUT2D eigenvalue weighted by atomic mass is 10.1. The highest BCUT2D eigenvalue weighted by Gasteiger charge is 2.23. The number of nitrogens with two attached hydrogens (primary N) is 1. The summed E-state index contributed by atoms with van der Waals surface area (Å²) in [5.74, 6) is 0.868. The molecule has 150 valence electrons. The molecule has 0 aliphatic carbocycles. The lowest BCUT2D eigenvalue weighted by Gasteiger charge is -2.34. The summed E-state index contributed by atoms with van der Waals surface area (Å²) in [6.45, 7) is 8.79. The van der Waals surface area contributed by atoms with Crippen LogP contribution in [-0.4, -0.2) is 70.5 Å². The minimum absolute atomic E-state index is 0. The van der Waals surface area contributed by atoms with Crippen molar-refractivity contribution in [1.29, 1.82) is 0 Å². The third-order valence-corrected chi connectivity index (χ3v) is 4.09. The Morgan fingerprint density at radius 2 is 1.85 bits per heavy atom. The number of carbonyl (C=O) groups excluding carboxylic acids is 2. The molecule has 1 atom stereocenters. The molecule has 0 radical (unpaired) electrons. The predicted octanol–water partition coefficient (Wildman–Crippen LogP) is -0.0347. The van der Waals surface area contributed by atoms with E-state index in [4.69, 9.17) is 10.3 Å². The number of nitrogens with one attached hydrogen (secondary N) is 1. The lowest BCUT2D eigenvalue weighted by molar-refractivity contribution is -0.134. The molecule has 1 aliphatic heterocycles. The van der Waals surface area contributed by atoms with E-state index in [0.29, 0.717) is 31.3 Å². The monoisotopic (exact) mass is 410 g/mol. The van der Waals surface area contributed by atoms with Crippen LogP contribution in [0.1, 0.15) is 25.6 Å². The van der Waals surface area contributed by atoms with E-state index >= 15 is 0 Å². The van der Waals surface area contributed by atoms with Crippen LogP contribution in [0, 0.1) is 12.8 Å². The summed E-state index contributed by atoms with van der Waals surface area (Å²) in [4.78, 5) is 32.1. The van der Waals surface area contributed by atoms with Gasteiger partial charge in [-0.1, -0.05) is 19.0 Å². The summed E-state index contributed by atoms with van der Waals surface area (Å²) < 4.78 is 4.95. The fourth-order valence-electron chi connectivity index (χ4n) is 2.46. The molecule has 1 aromatic heterocycles. The van der Waals surface area contributed by atoms with Crippen LogP contribution >= 0.6 is 24.8 Å². The quantitative estimate of drug-likeness (QED) is 0.675. The summed E-state index contributed by atoms with van der Waals surface area (Å²) in [5, 5.41) is 6.49. The molecular weight excluding hydrogens is 383 g/mol. The van der Waals surface area contributed by atoms with Crippen LogP contribution in [0.5, 0.6) is 0 Å². The van der Waals surface area contributed by atoms with Gasteiger partial charge in [-0.05, 0) is 5.92 Å². The number of piperazine rings is 1. The van der Waals surface area contributed by atoms with E-state index in [0.717, 1.165) is 13.1 Å². The largest absolute Gasteiger partial charge is 0.346 e. The Morgan fingerprint density at radius 1 is 1.23 bits per heavy atom. The summed E-state index contributed by atoms with van der Waals surface area (Å²) >= 11 is 0. The molecule has 0 unspecified atom stereocenters. The number of carbonyl (C=O) groups is 2. The smallest absolute Gasteiger partial charge is 0.242 e. The van der Waals surface area contributed by atoms with Crippen LogP contribution < -0.4 is 11.1 Å². The predicted molar refractivity (Wildman–Crippen MR) is 101 cm³/mol. The number of halogens is 2. The van der Waals surface area contributed by atoms with Gasteiger partial charge in [-0.2, -0.15) is 4.98 Å².